The lowest BCUT2D eigenvalue weighted by Gasteiger charge is -2.34. The van der Waals surface area contributed by atoms with Crippen molar-refractivity contribution in [3.63, 3.8) is 0 Å². The van der Waals surface area contributed by atoms with Crippen LogP contribution in [0.3, 0.4) is 0 Å². The predicted octanol–water partition coefficient (Wildman–Crippen LogP) is 1.45. The molecule has 2 aromatic rings. The molecule has 3 aliphatic rings. The molecular formula is C32H42N4O6. The third-order valence-corrected chi connectivity index (χ3v) is 8.54. The number of phenols is 1. The standard InChI is InChI=1S/C32H42N4O6/c1-19(37)28-31(40)35-26(17-20-8-13-24(38)14-9-20)30(39)33-16-4-7-22-5-3-6-23-12-15-25(42-29(22)23)18-34-27(21-10-11-21)32(41)36(28)2/h3,5-6,8-9,13-14,19,21,25-28,34,37-38H,4,7,10-12,15-18H2,1-2H3,(H,33,39)(H,35,40)/t19-,25?,26-,27+,28+/m1/s1. The van der Waals surface area contributed by atoms with Crippen LogP contribution in [0, 0.1) is 5.92 Å². The summed E-state index contributed by atoms with van der Waals surface area (Å²) in [5.74, 6) is -0.0735. The molecule has 0 spiro atoms. The number of para-hydroxylation sites is 1. The number of carbonyl (C=O) groups excluding carboxylic acids is 3. The summed E-state index contributed by atoms with van der Waals surface area (Å²) < 4.78 is 6.46. The summed E-state index contributed by atoms with van der Waals surface area (Å²) >= 11 is 0. The van der Waals surface area contributed by atoms with Crippen LogP contribution in [0.5, 0.6) is 11.5 Å². The van der Waals surface area contributed by atoms with E-state index < -0.39 is 30.1 Å². The monoisotopic (exact) mass is 578 g/mol. The van der Waals surface area contributed by atoms with Gasteiger partial charge in [0.05, 0.1) is 12.1 Å². The van der Waals surface area contributed by atoms with E-state index in [4.69, 9.17) is 4.74 Å². The summed E-state index contributed by atoms with van der Waals surface area (Å²) in [6, 6.07) is 10.0. The number of aliphatic hydroxyl groups is 1. The van der Waals surface area contributed by atoms with Gasteiger partial charge < -0.3 is 35.8 Å². The van der Waals surface area contributed by atoms with Crippen molar-refractivity contribution < 1.29 is 29.3 Å². The van der Waals surface area contributed by atoms with Crippen LogP contribution in [-0.2, 0) is 33.6 Å². The molecule has 3 amide bonds. The zero-order valence-corrected chi connectivity index (χ0v) is 24.3. The van der Waals surface area contributed by atoms with Gasteiger partial charge in [-0.05, 0) is 80.2 Å². The maximum atomic E-state index is 13.8. The molecule has 10 heteroatoms. The predicted molar refractivity (Wildman–Crippen MR) is 157 cm³/mol. The molecule has 226 valence electrons. The Kier molecular flexibility index (Phi) is 9.33. The maximum absolute atomic E-state index is 13.8. The van der Waals surface area contributed by atoms with E-state index in [0.717, 1.165) is 49.0 Å². The van der Waals surface area contributed by atoms with Crippen LogP contribution >= 0.6 is 0 Å². The van der Waals surface area contributed by atoms with Crippen molar-refractivity contribution in [1.29, 1.82) is 0 Å². The number of amides is 3. The first-order chi connectivity index (χ1) is 20.2. The summed E-state index contributed by atoms with van der Waals surface area (Å²) in [4.78, 5) is 42.1. The second kappa shape index (κ2) is 13.1. The average molecular weight is 579 g/mol. The summed E-state index contributed by atoms with van der Waals surface area (Å²) in [6.07, 6.45) is 3.87. The van der Waals surface area contributed by atoms with E-state index in [-0.39, 0.29) is 36.0 Å². The molecule has 10 nitrogen and oxygen atoms in total. The van der Waals surface area contributed by atoms with Crippen molar-refractivity contribution in [2.75, 3.05) is 20.1 Å². The van der Waals surface area contributed by atoms with E-state index in [9.17, 15) is 24.6 Å². The first-order valence-corrected chi connectivity index (χ1v) is 15.0. The number of fused-ring (bicyclic) bond motifs is 1. The highest BCUT2D eigenvalue weighted by Crippen LogP contribution is 2.35. The number of phenolic OH excluding ortho intramolecular Hbond substituents is 1. The van der Waals surface area contributed by atoms with Gasteiger partial charge in [0.1, 0.15) is 29.7 Å². The molecule has 0 radical (unpaired) electrons. The number of nitrogens with one attached hydrogen (secondary N) is 3. The minimum Gasteiger partial charge on any atom is -0.508 e. The molecule has 1 unspecified atom stereocenters. The second-order valence-corrected chi connectivity index (χ2v) is 11.9. The quantitative estimate of drug-likeness (QED) is 0.370. The smallest absolute Gasteiger partial charge is 0.246 e. The van der Waals surface area contributed by atoms with Crippen molar-refractivity contribution in [1.82, 2.24) is 20.9 Å². The van der Waals surface area contributed by atoms with Crippen LogP contribution in [0.15, 0.2) is 42.5 Å². The van der Waals surface area contributed by atoms with Crippen molar-refractivity contribution in [3.05, 3.63) is 59.2 Å². The number of aryl methyl sites for hydroxylation is 2. The molecule has 5 rings (SSSR count). The van der Waals surface area contributed by atoms with E-state index in [1.54, 1.807) is 12.1 Å². The van der Waals surface area contributed by atoms with Crippen molar-refractivity contribution in [2.24, 2.45) is 5.92 Å². The Bertz CT molecular complexity index is 1280. The summed E-state index contributed by atoms with van der Waals surface area (Å²) in [5.41, 5.74) is 3.01. The van der Waals surface area contributed by atoms with Crippen LogP contribution < -0.4 is 20.7 Å². The molecule has 2 heterocycles. The van der Waals surface area contributed by atoms with E-state index in [0.29, 0.717) is 19.5 Å². The number of hydrogen-bond acceptors (Lipinski definition) is 7. The first-order valence-electron chi connectivity index (χ1n) is 15.0. The summed E-state index contributed by atoms with van der Waals surface area (Å²) in [6.45, 7) is 2.38. The number of aliphatic hydroxyl groups excluding tert-OH is 1. The summed E-state index contributed by atoms with van der Waals surface area (Å²) in [7, 11) is 1.53. The Morgan fingerprint density at radius 1 is 1.00 bits per heavy atom. The number of likely N-dealkylation sites (N-methyl/N-ethyl adjacent to an activating group) is 1. The minimum atomic E-state index is -1.19. The first kappa shape index (κ1) is 29.8. The third-order valence-electron chi connectivity index (χ3n) is 8.54. The molecule has 0 saturated heterocycles. The van der Waals surface area contributed by atoms with E-state index in [2.05, 4.69) is 28.1 Å². The SMILES string of the molecule is C[C@@H](O)[C@H]1C(=O)N[C@H](Cc2ccc(O)cc2)C(=O)NCCCc2cccc3c2OC(CC3)CN[C@@H](C2CC2)C(=O)N1C. The molecular weight excluding hydrogens is 536 g/mol. The number of benzene rings is 2. The molecule has 5 atom stereocenters. The molecule has 0 aromatic heterocycles. The maximum Gasteiger partial charge on any atom is 0.246 e. The molecule has 1 aliphatic carbocycles. The molecule has 42 heavy (non-hydrogen) atoms. The molecule has 2 aromatic carbocycles. The Morgan fingerprint density at radius 2 is 1.71 bits per heavy atom. The van der Waals surface area contributed by atoms with Crippen LogP contribution in [-0.4, -0.2) is 83.3 Å². The fourth-order valence-electron chi connectivity index (χ4n) is 6.04. The average Bonchev–Trinajstić information content (AvgIpc) is 3.81. The second-order valence-electron chi connectivity index (χ2n) is 11.9. The number of nitrogens with zero attached hydrogens (tertiary/aromatic N) is 1. The highest BCUT2D eigenvalue weighted by molar-refractivity contribution is 5.93. The molecule has 1 fully saturated rings. The number of rotatable bonds is 4. The van der Waals surface area contributed by atoms with Gasteiger partial charge in [0.25, 0.3) is 0 Å². The van der Waals surface area contributed by atoms with Gasteiger partial charge in [-0.2, -0.15) is 0 Å². The normalized spacial score (nSPS) is 26.7. The highest BCUT2D eigenvalue weighted by Gasteiger charge is 2.42. The lowest BCUT2D eigenvalue weighted by molar-refractivity contribution is -0.145. The number of carbonyl (C=O) groups is 3. The van der Waals surface area contributed by atoms with E-state index >= 15 is 0 Å². The number of hydrogen-bond donors (Lipinski definition) is 5. The van der Waals surface area contributed by atoms with Crippen molar-refractivity contribution in [2.45, 2.75) is 82.2 Å². The van der Waals surface area contributed by atoms with Gasteiger partial charge in [-0.3, -0.25) is 14.4 Å². The van der Waals surface area contributed by atoms with Crippen LogP contribution in [0.4, 0.5) is 0 Å². The van der Waals surface area contributed by atoms with Crippen molar-refractivity contribution in [3.8, 4) is 11.5 Å². The largest absolute Gasteiger partial charge is 0.508 e. The fourth-order valence-corrected chi connectivity index (χ4v) is 6.04. The zero-order valence-electron chi connectivity index (χ0n) is 24.3. The van der Waals surface area contributed by atoms with Crippen LogP contribution in [0.1, 0.15) is 49.3 Å². The van der Waals surface area contributed by atoms with Gasteiger partial charge in [-0.25, -0.2) is 0 Å². The Hall–Kier alpha value is -3.63. The van der Waals surface area contributed by atoms with Gasteiger partial charge in [0.2, 0.25) is 17.7 Å². The number of ether oxygens (including phenoxy) is 1. The fraction of sp³-hybridized carbons (Fsp3) is 0.531. The highest BCUT2D eigenvalue weighted by atomic mass is 16.5. The van der Waals surface area contributed by atoms with Crippen molar-refractivity contribution >= 4 is 17.7 Å². The molecule has 5 N–H and O–H groups in total. The zero-order chi connectivity index (χ0) is 29.8. The lowest BCUT2D eigenvalue weighted by Crippen LogP contribution is -2.60. The van der Waals surface area contributed by atoms with E-state index in [1.807, 2.05) is 6.07 Å². The topological polar surface area (TPSA) is 140 Å². The molecule has 1 saturated carbocycles. The van der Waals surface area contributed by atoms with Gasteiger partial charge in [-0.1, -0.05) is 30.3 Å². The molecule has 2 aliphatic heterocycles. The minimum absolute atomic E-state index is 0.0897. The van der Waals surface area contributed by atoms with Gasteiger partial charge in [0, 0.05) is 26.6 Å². The molecule has 2 bridgehead atoms. The van der Waals surface area contributed by atoms with Gasteiger partial charge >= 0.3 is 0 Å². The Morgan fingerprint density at radius 3 is 2.40 bits per heavy atom. The van der Waals surface area contributed by atoms with Crippen LogP contribution in [0.2, 0.25) is 0 Å². The Balaban J connectivity index is 1.43. The van der Waals surface area contributed by atoms with E-state index in [1.165, 1.54) is 36.6 Å². The van der Waals surface area contributed by atoms with Gasteiger partial charge in [-0.15, -0.1) is 0 Å². The summed E-state index contributed by atoms with van der Waals surface area (Å²) in [5, 5.41) is 29.6. The number of aromatic hydroxyl groups is 1. The third kappa shape index (κ3) is 7.04. The van der Waals surface area contributed by atoms with Gasteiger partial charge in [0.15, 0.2) is 0 Å². The lowest BCUT2D eigenvalue weighted by atomic mass is 9.96. The Labute approximate surface area is 246 Å². The van der Waals surface area contributed by atoms with Crippen LogP contribution in [0.25, 0.3) is 0 Å².